The molecule has 1 saturated heterocycles. The van der Waals surface area contributed by atoms with E-state index in [-0.39, 0.29) is 12.3 Å². The fraction of sp³-hybridized carbons (Fsp3) is 0.583. The molecule has 1 aromatic heterocycles. The Morgan fingerprint density at radius 2 is 2.22 bits per heavy atom. The normalized spacial score (nSPS) is 23.7. The van der Waals surface area contributed by atoms with Crippen LogP contribution in [-0.4, -0.2) is 38.7 Å². The van der Waals surface area contributed by atoms with Gasteiger partial charge in [-0.3, -0.25) is 14.3 Å². The molecule has 0 radical (unpaired) electrons. The number of aliphatic carboxylic acids is 1. The molecule has 6 nitrogen and oxygen atoms in total. The molecule has 2 atom stereocenters. The Morgan fingerprint density at radius 3 is 2.78 bits per heavy atom. The SMILES string of the molecule is CCc1nn(C)cc1C1C(C(=O)O)CC(=O)N1C. The van der Waals surface area contributed by atoms with Gasteiger partial charge < -0.3 is 10.0 Å². The molecule has 1 fully saturated rings. The standard InChI is InChI=1S/C12H17N3O3/c1-4-9-8(6-14(2)13-9)11-7(12(17)18)5-10(16)15(11)3/h6-7,11H,4-5H2,1-3H3,(H,17,18). The third kappa shape index (κ3) is 1.87. The number of hydrogen-bond acceptors (Lipinski definition) is 3. The summed E-state index contributed by atoms with van der Waals surface area (Å²) >= 11 is 0. The smallest absolute Gasteiger partial charge is 0.309 e. The van der Waals surface area contributed by atoms with E-state index in [2.05, 4.69) is 5.10 Å². The van der Waals surface area contributed by atoms with Crippen LogP contribution in [0.5, 0.6) is 0 Å². The first-order valence-corrected chi connectivity index (χ1v) is 5.96. The molecule has 18 heavy (non-hydrogen) atoms. The lowest BCUT2D eigenvalue weighted by Crippen LogP contribution is -2.27. The number of amides is 1. The van der Waals surface area contributed by atoms with E-state index in [4.69, 9.17) is 0 Å². The highest BCUT2D eigenvalue weighted by molar-refractivity contribution is 5.87. The van der Waals surface area contributed by atoms with Gasteiger partial charge in [-0.15, -0.1) is 0 Å². The van der Waals surface area contributed by atoms with Crippen molar-refractivity contribution in [3.05, 3.63) is 17.5 Å². The van der Waals surface area contributed by atoms with E-state index in [0.717, 1.165) is 17.7 Å². The van der Waals surface area contributed by atoms with Crippen molar-refractivity contribution in [1.29, 1.82) is 0 Å². The van der Waals surface area contributed by atoms with E-state index < -0.39 is 17.9 Å². The fourth-order valence-corrected chi connectivity index (χ4v) is 2.59. The quantitative estimate of drug-likeness (QED) is 0.853. The molecule has 1 N–H and O–H groups in total. The van der Waals surface area contributed by atoms with Crippen molar-refractivity contribution in [3.63, 3.8) is 0 Å². The van der Waals surface area contributed by atoms with Crippen molar-refractivity contribution in [2.45, 2.75) is 25.8 Å². The third-order valence-corrected chi connectivity index (χ3v) is 3.49. The zero-order valence-electron chi connectivity index (χ0n) is 10.8. The lowest BCUT2D eigenvalue weighted by Gasteiger charge is -2.22. The second-order valence-electron chi connectivity index (χ2n) is 4.66. The van der Waals surface area contributed by atoms with Crippen LogP contribution in [-0.2, 0) is 23.1 Å². The molecule has 2 rings (SSSR count). The minimum atomic E-state index is -0.927. The van der Waals surface area contributed by atoms with Gasteiger partial charge in [-0.2, -0.15) is 5.10 Å². The Labute approximate surface area is 105 Å². The molecule has 0 saturated carbocycles. The summed E-state index contributed by atoms with van der Waals surface area (Å²) in [6, 6.07) is -0.404. The number of carbonyl (C=O) groups is 2. The van der Waals surface area contributed by atoms with Crippen LogP contribution in [0.25, 0.3) is 0 Å². The maximum absolute atomic E-state index is 11.7. The number of carbonyl (C=O) groups excluding carboxylic acids is 1. The zero-order chi connectivity index (χ0) is 13.4. The maximum Gasteiger partial charge on any atom is 0.309 e. The molecule has 0 aromatic carbocycles. The molecular weight excluding hydrogens is 234 g/mol. The molecule has 1 amide bonds. The molecule has 1 aromatic rings. The summed E-state index contributed by atoms with van der Waals surface area (Å²) in [5.74, 6) is -1.74. The van der Waals surface area contributed by atoms with Crippen LogP contribution in [0.3, 0.4) is 0 Å². The molecule has 0 spiro atoms. The predicted molar refractivity (Wildman–Crippen MR) is 63.8 cm³/mol. The van der Waals surface area contributed by atoms with Gasteiger partial charge in [0.15, 0.2) is 0 Å². The highest BCUT2D eigenvalue weighted by atomic mass is 16.4. The Balaban J connectivity index is 2.45. The van der Waals surface area contributed by atoms with Crippen molar-refractivity contribution in [2.75, 3.05) is 7.05 Å². The Bertz CT molecular complexity index is 495. The molecule has 6 heteroatoms. The van der Waals surface area contributed by atoms with Crippen LogP contribution >= 0.6 is 0 Å². The number of rotatable bonds is 3. The molecular formula is C12H17N3O3. The summed E-state index contributed by atoms with van der Waals surface area (Å²) in [7, 11) is 3.46. The molecule has 98 valence electrons. The van der Waals surface area contributed by atoms with Crippen LogP contribution < -0.4 is 0 Å². The summed E-state index contributed by atoms with van der Waals surface area (Å²) in [6.45, 7) is 1.97. The van der Waals surface area contributed by atoms with Crippen molar-refractivity contribution < 1.29 is 14.7 Å². The monoisotopic (exact) mass is 251 g/mol. The van der Waals surface area contributed by atoms with Crippen molar-refractivity contribution >= 4 is 11.9 Å². The highest BCUT2D eigenvalue weighted by Gasteiger charge is 2.44. The average molecular weight is 251 g/mol. The molecule has 1 aliphatic heterocycles. The summed E-state index contributed by atoms with van der Waals surface area (Å²) in [5.41, 5.74) is 1.70. The number of likely N-dealkylation sites (tertiary alicyclic amines) is 1. The van der Waals surface area contributed by atoms with Gasteiger partial charge in [-0.25, -0.2) is 0 Å². The number of nitrogens with zero attached hydrogens (tertiary/aromatic N) is 3. The summed E-state index contributed by atoms with van der Waals surface area (Å²) in [4.78, 5) is 24.5. The molecule has 2 heterocycles. The Morgan fingerprint density at radius 1 is 1.56 bits per heavy atom. The van der Waals surface area contributed by atoms with Gasteiger partial charge in [-0.1, -0.05) is 6.92 Å². The number of carboxylic acids is 1. The second-order valence-corrected chi connectivity index (χ2v) is 4.66. The van der Waals surface area contributed by atoms with Crippen LogP contribution in [0.2, 0.25) is 0 Å². The van der Waals surface area contributed by atoms with Gasteiger partial charge in [0.05, 0.1) is 17.7 Å². The first-order chi connectivity index (χ1) is 8.45. The fourth-order valence-electron chi connectivity index (χ4n) is 2.59. The molecule has 0 bridgehead atoms. The van der Waals surface area contributed by atoms with Gasteiger partial charge in [0.25, 0.3) is 0 Å². The number of carboxylic acid groups (broad SMARTS) is 1. The zero-order valence-corrected chi connectivity index (χ0v) is 10.8. The van der Waals surface area contributed by atoms with E-state index in [1.54, 1.807) is 18.8 Å². The minimum Gasteiger partial charge on any atom is -0.481 e. The van der Waals surface area contributed by atoms with Gasteiger partial charge in [0.2, 0.25) is 5.91 Å². The average Bonchev–Trinajstić information content (AvgIpc) is 2.81. The van der Waals surface area contributed by atoms with E-state index >= 15 is 0 Å². The number of aromatic nitrogens is 2. The van der Waals surface area contributed by atoms with Crippen LogP contribution in [0.1, 0.15) is 30.6 Å². The van der Waals surface area contributed by atoms with Crippen LogP contribution in [0.4, 0.5) is 0 Å². The lowest BCUT2D eigenvalue weighted by atomic mass is 9.93. The summed E-state index contributed by atoms with van der Waals surface area (Å²) < 4.78 is 1.67. The van der Waals surface area contributed by atoms with E-state index in [1.165, 1.54) is 4.90 Å². The van der Waals surface area contributed by atoms with Crippen LogP contribution in [0, 0.1) is 5.92 Å². The second kappa shape index (κ2) is 4.44. The largest absolute Gasteiger partial charge is 0.481 e. The van der Waals surface area contributed by atoms with Gasteiger partial charge >= 0.3 is 5.97 Å². The molecule has 0 aliphatic carbocycles. The van der Waals surface area contributed by atoms with Gasteiger partial charge in [0.1, 0.15) is 0 Å². The lowest BCUT2D eigenvalue weighted by molar-refractivity contribution is -0.142. The topological polar surface area (TPSA) is 75.4 Å². The van der Waals surface area contributed by atoms with Crippen molar-refractivity contribution in [2.24, 2.45) is 13.0 Å². The number of aryl methyl sites for hydroxylation is 2. The van der Waals surface area contributed by atoms with E-state index in [1.807, 2.05) is 13.1 Å². The van der Waals surface area contributed by atoms with Crippen molar-refractivity contribution in [3.8, 4) is 0 Å². The molecule has 2 unspecified atom stereocenters. The van der Waals surface area contributed by atoms with E-state index in [9.17, 15) is 14.7 Å². The van der Waals surface area contributed by atoms with Gasteiger partial charge in [0, 0.05) is 32.3 Å². The predicted octanol–water partition coefficient (Wildman–Crippen LogP) is 0.587. The summed E-state index contributed by atoms with van der Waals surface area (Å²) in [6.07, 6.45) is 2.60. The third-order valence-electron chi connectivity index (χ3n) is 3.49. The van der Waals surface area contributed by atoms with Gasteiger partial charge in [-0.05, 0) is 6.42 Å². The Kier molecular flexibility index (Phi) is 3.11. The summed E-state index contributed by atoms with van der Waals surface area (Å²) in [5, 5.41) is 13.6. The first-order valence-electron chi connectivity index (χ1n) is 5.96. The first kappa shape index (κ1) is 12.6. The van der Waals surface area contributed by atoms with Crippen LogP contribution in [0.15, 0.2) is 6.20 Å². The van der Waals surface area contributed by atoms with Crippen molar-refractivity contribution in [1.82, 2.24) is 14.7 Å². The minimum absolute atomic E-state index is 0.0640. The Hall–Kier alpha value is -1.85. The highest BCUT2D eigenvalue weighted by Crippen LogP contribution is 2.38. The number of hydrogen-bond donors (Lipinski definition) is 1. The maximum atomic E-state index is 11.7. The van der Waals surface area contributed by atoms with E-state index in [0.29, 0.717) is 0 Å². The molecule has 1 aliphatic rings.